The number of nitrogens with zero attached hydrogens (tertiary/aromatic N) is 4. The number of imidazole rings is 1. The minimum absolute atomic E-state index is 0.0603. The second kappa shape index (κ2) is 10.7. The third-order valence-electron chi connectivity index (χ3n) is 4.65. The van der Waals surface area contributed by atoms with Gasteiger partial charge in [0, 0.05) is 36.3 Å². The van der Waals surface area contributed by atoms with Crippen molar-refractivity contribution in [3.63, 3.8) is 0 Å². The molecule has 0 bridgehead atoms. The van der Waals surface area contributed by atoms with E-state index in [1.807, 2.05) is 22.9 Å². The first-order chi connectivity index (χ1) is 14.8. The van der Waals surface area contributed by atoms with Gasteiger partial charge >= 0.3 is 0 Å². The van der Waals surface area contributed by atoms with Gasteiger partial charge < -0.3 is 15.0 Å². The Kier molecular flexibility index (Phi) is 8.03. The summed E-state index contributed by atoms with van der Waals surface area (Å²) >= 11 is 0. The number of hydrogen-bond donors (Lipinski definition) is 2. The van der Waals surface area contributed by atoms with Crippen molar-refractivity contribution in [3.05, 3.63) is 72.4 Å². The van der Waals surface area contributed by atoms with Gasteiger partial charge in [-0.2, -0.15) is 5.26 Å². The van der Waals surface area contributed by atoms with Crippen molar-refractivity contribution in [1.82, 2.24) is 19.9 Å². The minimum atomic E-state index is -0.250. The summed E-state index contributed by atoms with van der Waals surface area (Å²) in [6.07, 6.45) is 7.02. The Morgan fingerprint density at radius 3 is 2.48 bits per heavy atom. The molecule has 1 amide bonds. The number of aromatic nitrogens is 3. The molecule has 0 aliphatic rings. The highest BCUT2D eigenvalue weighted by Crippen LogP contribution is 2.23. The zero-order valence-corrected chi connectivity index (χ0v) is 17.7. The van der Waals surface area contributed by atoms with Crippen molar-refractivity contribution in [2.45, 2.75) is 33.4 Å². The van der Waals surface area contributed by atoms with E-state index >= 15 is 0 Å². The van der Waals surface area contributed by atoms with Gasteiger partial charge in [0.05, 0.1) is 23.6 Å². The average molecular weight is 419 g/mol. The molecule has 0 spiro atoms. The summed E-state index contributed by atoms with van der Waals surface area (Å²) in [5.41, 5.74) is 2.38. The molecule has 0 aliphatic carbocycles. The number of rotatable bonds is 5. The molecule has 0 aliphatic heterocycles. The molecular weight excluding hydrogens is 394 g/mol. The second-order valence-corrected chi connectivity index (χ2v) is 7.85. The fourth-order valence-electron chi connectivity index (χ4n) is 2.89. The van der Waals surface area contributed by atoms with Gasteiger partial charge in [0.1, 0.15) is 6.07 Å². The lowest BCUT2D eigenvalue weighted by atomic mass is 9.86. The van der Waals surface area contributed by atoms with Crippen LogP contribution in [0.5, 0.6) is 0 Å². The maximum atomic E-state index is 12.8. The maximum absolute atomic E-state index is 12.8. The summed E-state index contributed by atoms with van der Waals surface area (Å²) in [6, 6.07) is 12.7. The Morgan fingerprint density at radius 2 is 1.94 bits per heavy atom. The van der Waals surface area contributed by atoms with Gasteiger partial charge in [-0.25, -0.2) is 4.98 Å². The van der Waals surface area contributed by atoms with E-state index in [2.05, 4.69) is 42.1 Å². The number of nitriles is 1. The molecule has 0 saturated carbocycles. The van der Waals surface area contributed by atoms with Crippen LogP contribution in [0.3, 0.4) is 0 Å². The van der Waals surface area contributed by atoms with Gasteiger partial charge in [-0.05, 0) is 29.7 Å². The van der Waals surface area contributed by atoms with Gasteiger partial charge in [0.2, 0.25) is 0 Å². The molecule has 1 unspecified atom stereocenters. The number of hydrogen-bond acceptors (Lipinski definition) is 5. The molecule has 31 heavy (non-hydrogen) atoms. The molecule has 1 aromatic carbocycles. The largest absolute Gasteiger partial charge is 0.483 e. The number of nitrogens with one attached hydrogen (secondary N) is 1. The smallest absolute Gasteiger partial charge is 0.290 e. The van der Waals surface area contributed by atoms with Crippen LogP contribution in [0.4, 0.5) is 0 Å². The Balaban J connectivity index is 0.00000107. The second-order valence-electron chi connectivity index (χ2n) is 7.85. The van der Waals surface area contributed by atoms with Gasteiger partial charge in [0.15, 0.2) is 0 Å². The number of benzene rings is 1. The Labute approximate surface area is 181 Å². The summed E-state index contributed by atoms with van der Waals surface area (Å²) < 4.78 is 1.96. The molecule has 2 aromatic heterocycles. The first kappa shape index (κ1) is 23.3. The third kappa shape index (κ3) is 6.51. The van der Waals surface area contributed by atoms with Gasteiger partial charge in [-0.15, -0.1) is 0 Å². The Morgan fingerprint density at radius 1 is 1.26 bits per heavy atom. The van der Waals surface area contributed by atoms with Crippen LogP contribution >= 0.6 is 0 Å². The molecule has 1 atom stereocenters. The van der Waals surface area contributed by atoms with Crippen molar-refractivity contribution in [3.8, 4) is 17.3 Å². The van der Waals surface area contributed by atoms with Crippen LogP contribution < -0.4 is 5.32 Å². The lowest BCUT2D eigenvalue weighted by Crippen LogP contribution is -2.46. The highest BCUT2D eigenvalue weighted by molar-refractivity contribution is 5.95. The van der Waals surface area contributed by atoms with E-state index in [4.69, 9.17) is 9.90 Å². The quantitative estimate of drug-likeness (QED) is 0.612. The predicted molar refractivity (Wildman–Crippen MR) is 116 cm³/mol. The molecule has 0 fully saturated rings. The van der Waals surface area contributed by atoms with Crippen molar-refractivity contribution in [2.75, 3.05) is 0 Å². The van der Waals surface area contributed by atoms with E-state index in [1.54, 1.807) is 43.0 Å². The van der Waals surface area contributed by atoms with Crippen LogP contribution in [-0.2, 0) is 11.3 Å². The summed E-state index contributed by atoms with van der Waals surface area (Å²) in [4.78, 5) is 29.5. The van der Waals surface area contributed by atoms with Crippen molar-refractivity contribution in [2.24, 2.45) is 5.41 Å². The van der Waals surface area contributed by atoms with Crippen LogP contribution in [0.2, 0.25) is 0 Å². The molecular formula is C23H25N5O3. The first-order valence-electron chi connectivity index (χ1n) is 9.60. The van der Waals surface area contributed by atoms with Crippen molar-refractivity contribution < 1.29 is 14.7 Å². The van der Waals surface area contributed by atoms with E-state index in [9.17, 15) is 10.1 Å². The Hall–Kier alpha value is -3.99. The van der Waals surface area contributed by atoms with Crippen molar-refractivity contribution >= 4 is 12.4 Å². The number of carboxylic acid groups (broad SMARTS) is 1. The SMILES string of the molecule is CC(C)(C)C(Cn1ccnc1)NC(=O)c1ccc(-c2ncccc2C#N)cc1.O=CO. The molecule has 3 rings (SSSR count). The van der Waals surface area contributed by atoms with E-state index in [-0.39, 0.29) is 23.8 Å². The monoisotopic (exact) mass is 419 g/mol. The average Bonchev–Trinajstić information content (AvgIpc) is 3.26. The van der Waals surface area contributed by atoms with Crippen LogP contribution in [0.25, 0.3) is 11.3 Å². The summed E-state index contributed by atoms with van der Waals surface area (Å²) in [5, 5.41) is 19.3. The first-order valence-corrected chi connectivity index (χ1v) is 9.60. The maximum Gasteiger partial charge on any atom is 0.290 e. The van der Waals surface area contributed by atoms with Crippen LogP contribution in [-0.4, -0.2) is 38.1 Å². The van der Waals surface area contributed by atoms with Crippen LogP contribution in [0.1, 0.15) is 36.7 Å². The molecule has 0 radical (unpaired) electrons. The van der Waals surface area contributed by atoms with Crippen LogP contribution in [0.15, 0.2) is 61.3 Å². The minimum Gasteiger partial charge on any atom is -0.483 e. The van der Waals surface area contributed by atoms with E-state index in [0.29, 0.717) is 23.4 Å². The van der Waals surface area contributed by atoms with E-state index in [0.717, 1.165) is 5.56 Å². The van der Waals surface area contributed by atoms with Crippen molar-refractivity contribution in [1.29, 1.82) is 5.26 Å². The molecule has 2 N–H and O–H groups in total. The topological polar surface area (TPSA) is 121 Å². The zero-order chi connectivity index (χ0) is 22.9. The number of amides is 1. The number of carbonyl (C=O) groups excluding carboxylic acids is 1. The normalized spacial score (nSPS) is 11.4. The number of carbonyl (C=O) groups is 2. The predicted octanol–water partition coefficient (Wildman–Crippen LogP) is 3.36. The van der Waals surface area contributed by atoms with Gasteiger partial charge in [-0.3, -0.25) is 14.6 Å². The highest BCUT2D eigenvalue weighted by atomic mass is 16.3. The molecule has 160 valence electrons. The molecule has 3 aromatic rings. The lowest BCUT2D eigenvalue weighted by molar-refractivity contribution is -0.122. The summed E-state index contributed by atoms with van der Waals surface area (Å²) in [7, 11) is 0. The van der Waals surface area contributed by atoms with E-state index in [1.165, 1.54) is 0 Å². The Bertz CT molecular complexity index is 1030. The third-order valence-corrected chi connectivity index (χ3v) is 4.65. The van der Waals surface area contributed by atoms with Gasteiger partial charge in [-0.1, -0.05) is 32.9 Å². The fourth-order valence-corrected chi connectivity index (χ4v) is 2.89. The molecule has 2 heterocycles. The molecule has 0 saturated heterocycles. The summed E-state index contributed by atoms with van der Waals surface area (Å²) in [6.45, 7) is 6.69. The lowest BCUT2D eigenvalue weighted by Gasteiger charge is -2.31. The number of pyridine rings is 1. The highest BCUT2D eigenvalue weighted by Gasteiger charge is 2.27. The fraction of sp³-hybridized carbons (Fsp3) is 0.261. The zero-order valence-electron chi connectivity index (χ0n) is 17.7. The van der Waals surface area contributed by atoms with Gasteiger partial charge in [0.25, 0.3) is 12.4 Å². The standard InChI is InChI=1S/C22H23N5O.CH2O2/c1-22(2,3)19(14-27-12-11-24-15-27)26-21(28)17-8-6-16(7-9-17)20-18(13-23)5-4-10-25-20;2-1-3/h4-12,15,19H,14H2,1-3H3,(H,26,28);1H,(H,2,3). The van der Waals surface area contributed by atoms with E-state index < -0.39 is 0 Å². The van der Waals surface area contributed by atoms with Crippen LogP contribution in [0, 0.1) is 16.7 Å². The summed E-state index contributed by atoms with van der Waals surface area (Å²) in [5.74, 6) is -0.131. The molecule has 8 nitrogen and oxygen atoms in total. The molecule has 8 heteroatoms.